The van der Waals surface area contributed by atoms with Crippen molar-refractivity contribution >= 4 is 0 Å². The molecule has 2 saturated carbocycles. The van der Waals surface area contributed by atoms with Gasteiger partial charge in [0, 0.05) is 0 Å². The Labute approximate surface area is 208 Å². The SMILES string of the molecule is CCCCCC[C@@H](C)Oc1c(F)cc(C2CCC(C3CCC(CCCCC)CC3)CC2)cc1F. The molecule has 3 heteroatoms. The minimum absolute atomic E-state index is 0.163. The van der Waals surface area contributed by atoms with E-state index in [1.54, 1.807) is 12.1 Å². The van der Waals surface area contributed by atoms with Gasteiger partial charge in [-0.05, 0) is 99.7 Å². The molecule has 194 valence electrons. The van der Waals surface area contributed by atoms with Crippen molar-refractivity contribution in [3.63, 3.8) is 0 Å². The van der Waals surface area contributed by atoms with Crippen LogP contribution < -0.4 is 4.74 Å². The Morgan fingerprint density at radius 2 is 1.32 bits per heavy atom. The number of hydrogen-bond acceptors (Lipinski definition) is 1. The number of unbranched alkanes of at least 4 members (excludes halogenated alkanes) is 5. The lowest BCUT2D eigenvalue weighted by atomic mass is 9.68. The van der Waals surface area contributed by atoms with Gasteiger partial charge in [0.25, 0.3) is 0 Å². The first kappa shape index (κ1) is 27.5. The Morgan fingerprint density at radius 1 is 0.765 bits per heavy atom. The Balaban J connectivity index is 1.45. The molecule has 0 heterocycles. The van der Waals surface area contributed by atoms with Gasteiger partial charge in [0.1, 0.15) is 0 Å². The predicted octanol–water partition coefficient (Wildman–Crippen LogP) is 10.4. The molecular weight excluding hydrogens is 426 g/mol. The molecule has 0 unspecified atom stereocenters. The predicted molar refractivity (Wildman–Crippen MR) is 139 cm³/mol. The van der Waals surface area contributed by atoms with Gasteiger partial charge in [-0.15, -0.1) is 0 Å². The van der Waals surface area contributed by atoms with Crippen molar-refractivity contribution in [2.24, 2.45) is 17.8 Å². The molecule has 34 heavy (non-hydrogen) atoms. The second-order valence-corrected chi connectivity index (χ2v) is 11.5. The molecule has 1 aromatic carbocycles. The minimum Gasteiger partial charge on any atom is -0.485 e. The van der Waals surface area contributed by atoms with E-state index in [1.165, 1.54) is 77.0 Å². The zero-order valence-electron chi connectivity index (χ0n) is 22.2. The van der Waals surface area contributed by atoms with Gasteiger partial charge in [-0.3, -0.25) is 0 Å². The lowest BCUT2D eigenvalue weighted by Crippen LogP contribution is -2.25. The topological polar surface area (TPSA) is 9.23 Å². The van der Waals surface area contributed by atoms with E-state index in [0.29, 0.717) is 0 Å². The standard InChI is InChI=1S/C31H50F2O/c1-4-6-8-10-11-23(3)34-31-29(32)21-28(22-30(31)33)27-19-17-26(18-20-27)25-15-13-24(14-16-25)12-9-7-5-2/h21-27H,4-20H2,1-3H3/t23-,24?,25?,26?,27?/m1/s1. The van der Waals surface area contributed by atoms with Crippen LogP contribution in [0.1, 0.15) is 141 Å². The van der Waals surface area contributed by atoms with Gasteiger partial charge in [0.05, 0.1) is 6.10 Å². The Kier molecular flexibility index (Phi) is 11.7. The van der Waals surface area contributed by atoms with E-state index >= 15 is 0 Å². The second kappa shape index (κ2) is 14.4. The average Bonchev–Trinajstić information content (AvgIpc) is 2.85. The van der Waals surface area contributed by atoms with Crippen molar-refractivity contribution in [2.75, 3.05) is 0 Å². The average molecular weight is 477 g/mol. The Morgan fingerprint density at radius 3 is 1.91 bits per heavy atom. The molecule has 0 spiro atoms. The maximum absolute atomic E-state index is 14.8. The first-order valence-electron chi connectivity index (χ1n) is 14.7. The lowest BCUT2D eigenvalue weighted by Gasteiger charge is -2.38. The third-order valence-electron chi connectivity index (χ3n) is 8.82. The molecule has 2 aliphatic carbocycles. The first-order valence-corrected chi connectivity index (χ1v) is 14.7. The summed E-state index contributed by atoms with van der Waals surface area (Å²) in [5, 5.41) is 0. The number of halogens is 2. The fraction of sp³-hybridized carbons (Fsp3) is 0.806. The summed E-state index contributed by atoms with van der Waals surface area (Å²) in [7, 11) is 0. The number of hydrogen-bond donors (Lipinski definition) is 0. The molecule has 2 aliphatic rings. The Hall–Kier alpha value is -1.12. The first-order chi connectivity index (χ1) is 16.5. The molecule has 0 aromatic heterocycles. The quantitative estimate of drug-likeness (QED) is 0.257. The van der Waals surface area contributed by atoms with Crippen LogP contribution in [0.4, 0.5) is 8.78 Å². The molecule has 0 amide bonds. The van der Waals surface area contributed by atoms with Crippen LogP contribution >= 0.6 is 0 Å². The van der Waals surface area contributed by atoms with Gasteiger partial charge >= 0.3 is 0 Å². The Bertz CT molecular complexity index is 678. The van der Waals surface area contributed by atoms with Crippen LogP contribution in [0.15, 0.2) is 12.1 Å². The van der Waals surface area contributed by atoms with Crippen LogP contribution in [0, 0.1) is 29.4 Å². The zero-order chi connectivity index (χ0) is 24.3. The van der Waals surface area contributed by atoms with Crippen LogP contribution in [0.5, 0.6) is 5.75 Å². The summed E-state index contributed by atoms with van der Waals surface area (Å²) in [6.07, 6.45) is 21.0. The third-order valence-corrected chi connectivity index (χ3v) is 8.82. The van der Waals surface area contributed by atoms with Gasteiger partial charge in [-0.1, -0.05) is 71.6 Å². The monoisotopic (exact) mass is 476 g/mol. The normalized spacial score (nSPS) is 26.4. The van der Waals surface area contributed by atoms with Crippen LogP contribution in [0.25, 0.3) is 0 Å². The fourth-order valence-corrected chi connectivity index (χ4v) is 6.60. The number of rotatable bonds is 13. The van der Waals surface area contributed by atoms with Gasteiger partial charge < -0.3 is 4.74 Å². The fourth-order valence-electron chi connectivity index (χ4n) is 6.60. The maximum atomic E-state index is 14.8. The summed E-state index contributed by atoms with van der Waals surface area (Å²) in [4.78, 5) is 0. The van der Waals surface area contributed by atoms with Crippen molar-refractivity contribution < 1.29 is 13.5 Å². The summed E-state index contributed by atoms with van der Waals surface area (Å²) < 4.78 is 35.3. The highest BCUT2D eigenvalue weighted by atomic mass is 19.1. The molecule has 0 N–H and O–H groups in total. The highest BCUT2D eigenvalue weighted by Gasteiger charge is 2.31. The zero-order valence-corrected chi connectivity index (χ0v) is 22.2. The van der Waals surface area contributed by atoms with Crippen molar-refractivity contribution in [1.29, 1.82) is 0 Å². The van der Waals surface area contributed by atoms with Crippen LogP contribution in [-0.4, -0.2) is 6.10 Å². The molecule has 2 fully saturated rings. The van der Waals surface area contributed by atoms with E-state index in [2.05, 4.69) is 13.8 Å². The number of ether oxygens (including phenoxy) is 1. The van der Waals surface area contributed by atoms with Gasteiger partial charge in [0.15, 0.2) is 17.4 Å². The van der Waals surface area contributed by atoms with Crippen molar-refractivity contribution in [3.05, 3.63) is 29.3 Å². The molecule has 1 atom stereocenters. The minimum atomic E-state index is -0.529. The van der Waals surface area contributed by atoms with E-state index in [0.717, 1.165) is 55.4 Å². The molecule has 1 aromatic rings. The van der Waals surface area contributed by atoms with Crippen molar-refractivity contribution in [2.45, 2.75) is 142 Å². The van der Waals surface area contributed by atoms with E-state index in [-0.39, 0.29) is 17.8 Å². The lowest BCUT2D eigenvalue weighted by molar-refractivity contribution is 0.155. The van der Waals surface area contributed by atoms with Crippen LogP contribution in [0.2, 0.25) is 0 Å². The molecule has 0 aliphatic heterocycles. The smallest absolute Gasteiger partial charge is 0.191 e. The van der Waals surface area contributed by atoms with Crippen molar-refractivity contribution in [3.8, 4) is 5.75 Å². The van der Waals surface area contributed by atoms with Gasteiger partial charge in [-0.2, -0.15) is 0 Å². The third kappa shape index (κ3) is 8.23. The summed E-state index contributed by atoms with van der Waals surface area (Å²) in [5.74, 6) is 1.70. The van der Waals surface area contributed by atoms with Crippen molar-refractivity contribution in [1.82, 2.24) is 0 Å². The van der Waals surface area contributed by atoms with E-state index in [1.807, 2.05) is 6.92 Å². The largest absolute Gasteiger partial charge is 0.485 e. The highest BCUT2D eigenvalue weighted by molar-refractivity contribution is 5.33. The van der Waals surface area contributed by atoms with E-state index < -0.39 is 11.6 Å². The van der Waals surface area contributed by atoms with Crippen LogP contribution in [0.3, 0.4) is 0 Å². The summed E-state index contributed by atoms with van der Waals surface area (Å²) in [6, 6.07) is 3.10. The molecule has 1 nitrogen and oxygen atoms in total. The van der Waals surface area contributed by atoms with Crippen LogP contribution in [-0.2, 0) is 0 Å². The molecule has 3 rings (SSSR count). The van der Waals surface area contributed by atoms with E-state index in [9.17, 15) is 8.78 Å². The number of benzene rings is 1. The van der Waals surface area contributed by atoms with Gasteiger partial charge in [0.2, 0.25) is 0 Å². The molecule has 0 saturated heterocycles. The summed E-state index contributed by atoms with van der Waals surface area (Å²) >= 11 is 0. The molecule has 0 bridgehead atoms. The summed E-state index contributed by atoms with van der Waals surface area (Å²) in [5.41, 5.74) is 0.830. The van der Waals surface area contributed by atoms with E-state index in [4.69, 9.17) is 4.74 Å². The maximum Gasteiger partial charge on any atom is 0.191 e. The molecular formula is C31H50F2O. The highest BCUT2D eigenvalue weighted by Crippen LogP contribution is 2.45. The second-order valence-electron chi connectivity index (χ2n) is 11.5. The summed E-state index contributed by atoms with van der Waals surface area (Å²) in [6.45, 7) is 6.38. The molecule has 0 radical (unpaired) electrons. The van der Waals surface area contributed by atoms with Gasteiger partial charge in [-0.25, -0.2) is 8.78 Å².